The minimum absolute atomic E-state index is 0.736. The van der Waals surface area contributed by atoms with Gasteiger partial charge in [0.2, 0.25) is 0 Å². The van der Waals surface area contributed by atoms with Crippen LogP contribution in [0.4, 0.5) is 0 Å². The predicted molar refractivity (Wildman–Crippen MR) is 32.8 cm³/mol. The van der Waals surface area contributed by atoms with E-state index in [0.717, 1.165) is 14.2 Å². The molecular weight excluding hydrogens is 160 g/mol. The summed E-state index contributed by atoms with van der Waals surface area (Å²) in [6.45, 7) is 0. The van der Waals surface area contributed by atoms with E-state index in [2.05, 4.69) is 8.92 Å². The van der Waals surface area contributed by atoms with Crippen molar-refractivity contribution in [2.24, 2.45) is 0 Å². The van der Waals surface area contributed by atoms with E-state index in [1.165, 1.54) is 0 Å². The summed E-state index contributed by atoms with van der Waals surface area (Å²) in [6.07, 6.45) is 0. The van der Waals surface area contributed by atoms with E-state index in [0.29, 0.717) is 0 Å². The van der Waals surface area contributed by atoms with Crippen molar-refractivity contribution in [1.29, 1.82) is 0 Å². The van der Waals surface area contributed by atoms with Crippen LogP contribution >= 0.6 is 0 Å². The summed E-state index contributed by atoms with van der Waals surface area (Å²) in [5.41, 5.74) is 0. The van der Waals surface area contributed by atoms with Gasteiger partial charge in [0.25, 0.3) is 10.1 Å². The first-order valence-corrected chi connectivity index (χ1v) is 3.94. The van der Waals surface area contributed by atoms with E-state index < -0.39 is 21.8 Å². The molecule has 0 aromatic carbocycles. The van der Waals surface area contributed by atoms with E-state index in [1.54, 1.807) is 0 Å². The van der Waals surface area contributed by atoms with Crippen LogP contribution in [0.25, 0.3) is 0 Å². The third kappa shape index (κ3) is 3.41. The highest BCUT2D eigenvalue weighted by molar-refractivity contribution is 7.87. The molecule has 5 nitrogen and oxygen atoms in total. The molecule has 0 heterocycles. The van der Waals surface area contributed by atoms with Crippen molar-refractivity contribution in [3.63, 3.8) is 0 Å². The molecule has 0 amide bonds. The van der Waals surface area contributed by atoms with Crippen LogP contribution in [0.2, 0.25) is 0 Å². The van der Waals surface area contributed by atoms with Gasteiger partial charge in [-0.1, -0.05) is 0 Å². The lowest BCUT2D eigenvalue weighted by atomic mass is 10.8. The van der Waals surface area contributed by atoms with Gasteiger partial charge >= 0.3 is 5.97 Å². The van der Waals surface area contributed by atoms with Crippen molar-refractivity contribution in [3.05, 3.63) is 0 Å². The Morgan fingerprint density at radius 3 is 2.20 bits per heavy atom. The van der Waals surface area contributed by atoms with Gasteiger partial charge in [0, 0.05) is 0 Å². The zero-order valence-corrected chi connectivity index (χ0v) is 6.47. The summed E-state index contributed by atoms with van der Waals surface area (Å²) >= 11 is 0. The molecule has 0 spiro atoms. The van der Waals surface area contributed by atoms with E-state index in [1.807, 2.05) is 0 Å². The van der Waals surface area contributed by atoms with Crippen molar-refractivity contribution < 1.29 is 22.1 Å². The second kappa shape index (κ2) is 3.52. The Bertz CT molecular complexity index is 204. The predicted octanol–water partition coefficient (Wildman–Crippen LogP) is -0.864. The summed E-state index contributed by atoms with van der Waals surface area (Å²) in [4.78, 5) is 10.3. The number of rotatable bonds is 3. The van der Waals surface area contributed by atoms with Crippen molar-refractivity contribution in [2.45, 2.75) is 0 Å². The fraction of sp³-hybridized carbons (Fsp3) is 0.750. The largest absolute Gasteiger partial charge is 0.468 e. The SMILES string of the molecule is COC(=O)CS(=O)(=O)OC. The molecule has 6 heteroatoms. The van der Waals surface area contributed by atoms with Gasteiger partial charge in [0.1, 0.15) is 0 Å². The van der Waals surface area contributed by atoms with Crippen LogP contribution in [0.3, 0.4) is 0 Å². The highest BCUT2D eigenvalue weighted by Crippen LogP contribution is 1.90. The van der Waals surface area contributed by atoms with E-state index in [4.69, 9.17) is 0 Å². The van der Waals surface area contributed by atoms with Crippen molar-refractivity contribution in [3.8, 4) is 0 Å². The minimum Gasteiger partial charge on any atom is -0.468 e. The molecule has 0 aromatic rings. The fourth-order valence-electron chi connectivity index (χ4n) is 0.262. The Morgan fingerprint density at radius 1 is 1.40 bits per heavy atom. The smallest absolute Gasteiger partial charge is 0.323 e. The molecule has 0 saturated heterocycles. The summed E-state index contributed by atoms with van der Waals surface area (Å²) in [5, 5.41) is 0. The van der Waals surface area contributed by atoms with Crippen LogP contribution in [0.1, 0.15) is 0 Å². The zero-order chi connectivity index (χ0) is 8.20. The average molecular weight is 168 g/mol. The third-order valence-electron chi connectivity index (χ3n) is 0.776. The monoisotopic (exact) mass is 168 g/mol. The van der Waals surface area contributed by atoms with Gasteiger partial charge in [-0.15, -0.1) is 0 Å². The summed E-state index contributed by atoms with van der Waals surface area (Å²) in [6, 6.07) is 0. The van der Waals surface area contributed by atoms with Crippen LogP contribution in [-0.4, -0.2) is 34.4 Å². The van der Waals surface area contributed by atoms with Gasteiger partial charge in [-0.3, -0.25) is 8.98 Å². The molecule has 0 fully saturated rings. The van der Waals surface area contributed by atoms with Crippen molar-refractivity contribution in [1.82, 2.24) is 0 Å². The third-order valence-corrected chi connectivity index (χ3v) is 1.87. The zero-order valence-electron chi connectivity index (χ0n) is 5.66. The van der Waals surface area contributed by atoms with Gasteiger partial charge in [-0.05, 0) is 0 Å². The van der Waals surface area contributed by atoms with Crippen molar-refractivity contribution >= 4 is 16.1 Å². The van der Waals surface area contributed by atoms with E-state index >= 15 is 0 Å². The number of hydrogen-bond donors (Lipinski definition) is 0. The Morgan fingerprint density at radius 2 is 1.90 bits per heavy atom. The molecule has 10 heavy (non-hydrogen) atoms. The van der Waals surface area contributed by atoms with Gasteiger partial charge in [0.05, 0.1) is 14.2 Å². The number of methoxy groups -OCH3 is 1. The molecule has 0 aromatic heterocycles. The molecule has 0 saturated carbocycles. The van der Waals surface area contributed by atoms with Gasteiger partial charge in [-0.25, -0.2) is 0 Å². The second-order valence-electron chi connectivity index (χ2n) is 1.44. The first-order valence-electron chi connectivity index (χ1n) is 2.37. The van der Waals surface area contributed by atoms with Gasteiger partial charge < -0.3 is 4.74 Å². The molecule has 0 aliphatic heterocycles. The average Bonchev–Trinajstić information content (AvgIpc) is 1.87. The Balaban J connectivity index is 4.03. The summed E-state index contributed by atoms with van der Waals surface area (Å²) < 4.78 is 29.0. The van der Waals surface area contributed by atoms with Gasteiger partial charge in [-0.2, -0.15) is 8.42 Å². The maximum Gasteiger partial charge on any atom is 0.323 e. The topological polar surface area (TPSA) is 69.7 Å². The highest BCUT2D eigenvalue weighted by Gasteiger charge is 2.14. The van der Waals surface area contributed by atoms with Crippen LogP contribution in [0.5, 0.6) is 0 Å². The Labute approximate surface area is 59.1 Å². The molecule has 0 bridgehead atoms. The van der Waals surface area contributed by atoms with Crippen LogP contribution < -0.4 is 0 Å². The number of carbonyl (C=O) groups is 1. The first kappa shape index (κ1) is 9.38. The van der Waals surface area contributed by atoms with E-state index in [-0.39, 0.29) is 0 Å². The molecule has 0 rings (SSSR count). The number of ether oxygens (including phenoxy) is 1. The molecule has 0 radical (unpaired) electrons. The van der Waals surface area contributed by atoms with Crippen LogP contribution in [0, 0.1) is 0 Å². The summed E-state index contributed by atoms with van der Waals surface area (Å²) in [7, 11) is -1.62. The van der Waals surface area contributed by atoms with Crippen molar-refractivity contribution in [2.75, 3.05) is 20.0 Å². The van der Waals surface area contributed by atoms with E-state index in [9.17, 15) is 13.2 Å². The normalized spacial score (nSPS) is 11.0. The minimum atomic E-state index is -3.71. The molecule has 0 aliphatic carbocycles. The number of hydrogen-bond acceptors (Lipinski definition) is 5. The highest BCUT2D eigenvalue weighted by atomic mass is 32.2. The van der Waals surface area contributed by atoms with Gasteiger partial charge in [0.15, 0.2) is 5.75 Å². The standard InChI is InChI=1S/C4H8O5S/c1-8-4(5)3-10(6,7)9-2/h3H2,1-2H3. The lowest BCUT2D eigenvalue weighted by Crippen LogP contribution is -2.17. The lowest BCUT2D eigenvalue weighted by Gasteiger charge is -1.97. The van der Waals surface area contributed by atoms with Crippen LogP contribution in [0.15, 0.2) is 0 Å². The Hall–Kier alpha value is -0.620. The molecule has 0 unspecified atom stereocenters. The first-order chi connectivity index (χ1) is 4.52. The maximum atomic E-state index is 10.4. The molecule has 0 N–H and O–H groups in total. The molecule has 0 aliphatic rings. The molecular formula is C4H8O5S. The summed E-state index contributed by atoms with van der Waals surface area (Å²) in [5.74, 6) is -1.57. The van der Waals surface area contributed by atoms with Crippen LogP contribution in [-0.2, 0) is 23.8 Å². The number of carbonyl (C=O) groups excluding carboxylic acids is 1. The molecule has 60 valence electrons. The quantitative estimate of drug-likeness (QED) is 0.405. The Kier molecular flexibility index (Phi) is 3.31. The lowest BCUT2D eigenvalue weighted by molar-refractivity contribution is -0.137. The number of esters is 1. The molecule has 0 atom stereocenters. The fourth-order valence-corrected chi connectivity index (χ4v) is 0.787. The maximum absolute atomic E-state index is 10.4. The second-order valence-corrected chi connectivity index (χ2v) is 3.18.